The van der Waals surface area contributed by atoms with Crippen molar-refractivity contribution in [3.8, 4) is 5.75 Å². The lowest BCUT2D eigenvalue weighted by atomic mass is 9.94. The van der Waals surface area contributed by atoms with Crippen LogP contribution in [-0.4, -0.2) is 25.2 Å². The summed E-state index contributed by atoms with van der Waals surface area (Å²) < 4.78 is 10.9. The molecule has 0 saturated carbocycles. The molecule has 2 aromatic rings. The minimum Gasteiger partial charge on any atom is -0.490 e. The van der Waals surface area contributed by atoms with Crippen molar-refractivity contribution in [2.45, 2.75) is 26.3 Å². The van der Waals surface area contributed by atoms with Crippen LogP contribution in [0.4, 0.5) is 4.79 Å². The second kappa shape index (κ2) is 9.08. The van der Waals surface area contributed by atoms with Gasteiger partial charge in [-0.1, -0.05) is 49.4 Å². The Bertz CT molecular complexity index is 860. The number of rotatable bonds is 7. The second-order valence-electron chi connectivity index (χ2n) is 6.46. The van der Waals surface area contributed by atoms with Crippen molar-refractivity contribution in [1.29, 1.82) is 0 Å². The Balaban J connectivity index is 1.67. The van der Waals surface area contributed by atoms with E-state index in [2.05, 4.69) is 17.6 Å². The number of urea groups is 1. The van der Waals surface area contributed by atoms with Gasteiger partial charge >= 0.3 is 12.0 Å². The van der Waals surface area contributed by atoms with Crippen LogP contribution in [-0.2, 0) is 16.0 Å². The van der Waals surface area contributed by atoms with Crippen molar-refractivity contribution >= 4 is 12.0 Å². The zero-order valence-electron chi connectivity index (χ0n) is 16.0. The minimum absolute atomic E-state index is 0.111. The molecule has 0 saturated heterocycles. The number of nitrogens with one attached hydrogen (secondary N) is 2. The molecule has 0 radical (unpaired) electrons. The van der Waals surface area contributed by atoms with Gasteiger partial charge in [0.2, 0.25) is 0 Å². The molecule has 1 heterocycles. The summed E-state index contributed by atoms with van der Waals surface area (Å²) in [7, 11) is 0. The molecule has 0 bridgehead atoms. The summed E-state index contributed by atoms with van der Waals surface area (Å²) in [5.74, 6) is 0.237. The molecule has 1 unspecified atom stereocenters. The SMILES string of the molecule is CCc1ccc(C2NC(=O)NC(C)=C2C(=O)OCCOc2ccccc2)cc1. The first-order valence-electron chi connectivity index (χ1n) is 9.30. The number of ether oxygens (including phenoxy) is 2. The van der Waals surface area contributed by atoms with Gasteiger partial charge in [0.25, 0.3) is 0 Å². The van der Waals surface area contributed by atoms with Crippen LogP contribution in [0.15, 0.2) is 65.9 Å². The zero-order chi connectivity index (χ0) is 19.9. The van der Waals surface area contributed by atoms with Crippen LogP contribution in [0, 0.1) is 0 Å². The third-order valence-corrected chi connectivity index (χ3v) is 4.54. The molecular formula is C22H24N2O4. The van der Waals surface area contributed by atoms with Gasteiger partial charge in [-0.3, -0.25) is 0 Å². The zero-order valence-corrected chi connectivity index (χ0v) is 16.0. The Kier molecular flexibility index (Phi) is 6.32. The summed E-state index contributed by atoms with van der Waals surface area (Å²) in [5, 5.41) is 5.45. The fourth-order valence-electron chi connectivity index (χ4n) is 3.05. The molecule has 2 N–H and O–H groups in total. The van der Waals surface area contributed by atoms with E-state index < -0.39 is 12.0 Å². The van der Waals surface area contributed by atoms with Gasteiger partial charge in [-0.2, -0.15) is 0 Å². The smallest absolute Gasteiger partial charge is 0.338 e. The van der Waals surface area contributed by atoms with Gasteiger partial charge in [0.1, 0.15) is 19.0 Å². The number of hydrogen-bond acceptors (Lipinski definition) is 4. The molecule has 6 nitrogen and oxygen atoms in total. The minimum atomic E-state index is -0.554. The first-order chi connectivity index (χ1) is 13.6. The lowest BCUT2D eigenvalue weighted by Gasteiger charge is -2.28. The van der Waals surface area contributed by atoms with E-state index in [-0.39, 0.29) is 19.2 Å². The Hall–Kier alpha value is -3.28. The number of esters is 1. The van der Waals surface area contributed by atoms with Crippen molar-refractivity contribution < 1.29 is 19.1 Å². The summed E-state index contributed by atoms with van der Waals surface area (Å²) in [6, 6.07) is 16.3. The molecule has 0 aliphatic carbocycles. The number of carbonyl (C=O) groups excluding carboxylic acids is 2. The van der Waals surface area contributed by atoms with E-state index in [1.54, 1.807) is 6.92 Å². The highest BCUT2D eigenvalue weighted by atomic mass is 16.6. The molecule has 1 aliphatic rings. The van der Waals surface area contributed by atoms with E-state index >= 15 is 0 Å². The predicted molar refractivity (Wildman–Crippen MR) is 106 cm³/mol. The number of aryl methyl sites for hydroxylation is 1. The molecule has 2 amide bonds. The van der Waals surface area contributed by atoms with Gasteiger partial charge in [0.15, 0.2) is 0 Å². The summed E-state index contributed by atoms with van der Waals surface area (Å²) in [6.07, 6.45) is 0.921. The van der Waals surface area contributed by atoms with Crippen LogP contribution in [0.25, 0.3) is 0 Å². The number of para-hydroxylation sites is 1. The van der Waals surface area contributed by atoms with Gasteiger partial charge < -0.3 is 20.1 Å². The number of allylic oxidation sites excluding steroid dienone is 1. The summed E-state index contributed by atoms with van der Waals surface area (Å²) in [4.78, 5) is 24.6. The first-order valence-corrected chi connectivity index (χ1v) is 9.30. The monoisotopic (exact) mass is 380 g/mol. The fourth-order valence-corrected chi connectivity index (χ4v) is 3.05. The molecular weight excluding hydrogens is 356 g/mol. The Labute approximate surface area is 164 Å². The Morgan fingerprint density at radius 1 is 1.04 bits per heavy atom. The molecule has 1 aliphatic heterocycles. The highest BCUT2D eigenvalue weighted by Gasteiger charge is 2.32. The Morgan fingerprint density at radius 2 is 1.75 bits per heavy atom. The van der Waals surface area contributed by atoms with Gasteiger partial charge in [-0.05, 0) is 36.6 Å². The van der Waals surface area contributed by atoms with E-state index in [1.807, 2.05) is 54.6 Å². The van der Waals surface area contributed by atoms with E-state index in [9.17, 15) is 9.59 Å². The van der Waals surface area contributed by atoms with Crippen LogP contribution in [0.3, 0.4) is 0 Å². The summed E-state index contributed by atoms with van der Waals surface area (Å²) in [5.41, 5.74) is 2.90. The third kappa shape index (κ3) is 4.71. The number of carbonyl (C=O) groups is 2. The topological polar surface area (TPSA) is 76.7 Å². The molecule has 0 aromatic heterocycles. The van der Waals surface area contributed by atoms with E-state index in [4.69, 9.17) is 9.47 Å². The molecule has 146 valence electrons. The molecule has 28 heavy (non-hydrogen) atoms. The largest absolute Gasteiger partial charge is 0.490 e. The maximum absolute atomic E-state index is 12.7. The lowest BCUT2D eigenvalue weighted by Crippen LogP contribution is -2.45. The van der Waals surface area contributed by atoms with Crippen molar-refractivity contribution in [2.75, 3.05) is 13.2 Å². The van der Waals surface area contributed by atoms with Crippen LogP contribution < -0.4 is 15.4 Å². The van der Waals surface area contributed by atoms with Crippen molar-refractivity contribution in [3.05, 3.63) is 77.0 Å². The quantitative estimate of drug-likeness (QED) is 0.569. The predicted octanol–water partition coefficient (Wildman–Crippen LogP) is 3.50. The third-order valence-electron chi connectivity index (χ3n) is 4.54. The average molecular weight is 380 g/mol. The van der Waals surface area contributed by atoms with Crippen LogP contribution in [0.2, 0.25) is 0 Å². The molecule has 1 atom stereocenters. The summed E-state index contributed by atoms with van der Waals surface area (Å²) >= 11 is 0. The number of hydrogen-bond donors (Lipinski definition) is 2. The van der Waals surface area contributed by atoms with E-state index in [1.165, 1.54) is 5.56 Å². The molecule has 2 aromatic carbocycles. The van der Waals surface area contributed by atoms with Crippen LogP contribution in [0.1, 0.15) is 31.0 Å². The van der Waals surface area contributed by atoms with Gasteiger partial charge in [0, 0.05) is 5.70 Å². The lowest BCUT2D eigenvalue weighted by molar-refractivity contribution is -0.140. The molecule has 0 fully saturated rings. The number of benzene rings is 2. The van der Waals surface area contributed by atoms with Gasteiger partial charge in [0.05, 0.1) is 11.6 Å². The number of amides is 2. The second-order valence-corrected chi connectivity index (χ2v) is 6.46. The normalized spacial score (nSPS) is 16.2. The van der Waals surface area contributed by atoms with Crippen molar-refractivity contribution in [2.24, 2.45) is 0 Å². The van der Waals surface area contributed by atoms with Gasteiger partial charge in [-0.25, -0.2) is 9.59 Å². The highest BCUT2D eigenvalue weighted by molar-refractivity contribution is 5.95. The first kappa shape index (κ1) is 19.5. The maximum atomic E-state index is 12.7. The van der Waals surface area contributed by atoms with E-state index in [0.29, 0.717) is 11.3 Å². The summed E-state index contributed by atoms with van der Waals surface area (Å²) in [6.45, 7) is 4.13. The molecule has 3 rings (SSSR count). The average Bonchev–Trinajstić information content (AvgIpc) is 2.71. The maximum Gasteiger partial charge on any atom is 0.338 e. The fraction of sp³-hybridized carbons (Fsp3) is 0.273. The molecule has 6 heteroatoms. The van der Waals surface area contributed by atoms with Crippen molar-refractivity contribution in [1.82, 2.24) is 10.6 Å². The van der Waals surface area contributed by atoms with E-state index in [0.717, 1.165) is 17.7 Å². The van der Waals surface area contributed by atoms with Crippen LogP contribution >= 0.6 is 0 Å². The van der Waals surface area contributed by atoms with Crippen molar-refractivity contribution in [3.63, 3.8) is 0 Å². The Morgan fingerprint density at radius 3 is 2.43 bits per heavy atom. The molecule has 0 spiro atoms. The van der Waals surface area contributed by atoms with Crippen LogP contribution in [0.5, 0.6) is 5.75 Å². The highest BCUT2D eigenvalue weighted by Crippen LogP contribution is 2.27. The van der Waals surface area contributed by atoms with Gasteiger partial charge in [-0.15, -0.1) is 0 Å². The standard InChI is InChI=1S/C22H24N2O4/c1-3-16-9-11-17(12-10-16)20-19(15(2)23-22(26)24-20)21(25)28-14-13-27-18-7-5-4-6-8-18/h4-12,20H,3,13-14H2,1-2H3,(H2,23,24,26).